The summed E-state index contributed by atoms with van der Waals surface area (Å²) in [5.41, 5.74) is 1.39. The summed E-state index contributed by atoms with van der Waals surface area (Å²) in [7, 11) is 0. The van der Waals surface area contributed by atoms with Gasteiger partial charge in [0.15, 0.2) is 6.61 Å². The van der Waals surface area contributed by atoms with Gasteiger partial charge in [0.05, 0.1) is 11.5 Å². The average Bonchev–Trinajstić information content (AvgIpc) is 3.04. The number of furan rings is 1. The molecule has 0 saturated heterocycles. The van der Waals surface area contributed by atoms with Crippen LogP contribution in [0.5, 0.6) is 5.75 Å². The number of aryl methyl sites for hydroxylation is 2. The minimum atomic E-state index is -0.809. The molecule has 0 aliphatic carbocycles. The fourth-order valence-electron chi connectivity index (χ4n) is 2.99. The number of nitrogens with zero attached hydrogens (tertiary/aromatic N) is 1. The number of para-hydroxylation sites is 1. The Morgan fingerprint density at radius 2 is 1.97 bits per heavy atom. The van der Waals surface area contributed by atoms with E-state index in [2.05, 4.69) is 5.32 Å². The molecular weight excluding hydrogens is 392 g/mol. The number of nitro groups is 1. The van der Waals surface area contributed by atoms with Crippen molar-refractivity contribution in [3.8, 4) is 5.75 Å². The highest BCUT2D eigenvalue weighted by Crippen LogP contribution is 2.30. The zero-order valence-electron chi connectivity index (χ0n) is 16.7. The first kappa shape index (κ1) is 20.8. The number of carbonyl (C=O) groups is 2. The maximum Gasteiger partial charge on any atom is 0.375 e. The van der Waals surface area contributed by atoms with Crippen LogP contribution in [0.2, 0.25) is 0 Å². The highest BCUT2D eigenvalue weighted by atomic mass is 16.6. The summed E-state index contributed by atoms with van der Waals surface area (Å²) in [4.78, 5) is 35.1. The van der Waals surface area contributed by atoms with Crippen molar-refractivity contribution in [3.05, 3.63) is 63.4 Å². The smallest absolute Gasteiger partial charge is 0.375 e. The van der Waals surface area contributed by atoms with E-state index in [0.717, 1.165) is 0 Å². The largest absolute Gasteiger partial charge is 0.494 e. The van der Waals surface area contributed by atoms with Crippen LogP contribution >= 0.6 is 0 Å². The first-order valence-electron chi connectivity index (χ1n) is 9.18. The van der Waals surface area contributed by atoms with Crippen LogP contribution < -0.4 is 10.1 Å². The number of ether oxygens (including phenoxy) is 2. The third kappa shape index (κ3) is 4.24. The third-order valence-electron chi connectivity index (χ3n) is 4.45. The van der Waals surface area contributed by atoms with E-state index in [1.807, 2.05) is 6.92 Å². The average molecular weight is 412 g/mol. The lowest BCUT2D eigenvalue weighted by Crippen LogP contribution is -2.22. The molecule has 0 aliphatic heterocycles. The molecule has 0 atom stereocenters. The van der Waals surface area contributed by atoms with Gasteiger partial charge in [-0.05, 0) is 44.5 Å². The Labute approximate surface area is 171 Å². The molecule has 156 valence electrons. The lowest BCUT2D eigenvalue weighted by atomic mass is 10.1. The van der Waals surface area contributed by atoms with Gasteiger partial charge in [-0.2, -0.15) is 0 Å². The third-order valence-corrected chi connectivity index (χ3v) is 4.45. The summed E-state index contributed by atoms with van der Waals surface area (Å²) in [6, 6.07) is 9.61. The predicted octanol–water partition coefficient (Wildman–Crippen LogP) is 4.15. The Kier molecular flexibility index (Phi) is 6.01. The number of anilines is 1. The zero-order valence-corrected chi connectivity index (χ0v) is 16.7. The van der Waals surface area contributed by atoms with Crippen molar-refractivity contribution >= 4 is 34.2 Å². The maximum atomic E-state index is 12.4. The van der Waals surface area contributed by atoms with Crippen molar-refractivity contribution in [1.29, 1.82) is 0 Å². The summed E-state index contributed by atoms with van der Waals surface area (Å²) >= 11 is 0. The molecule has 9 nitrogen and oxygen atoms in total. The molecule has 9 heteroatoms. The van der Waals surface area contributed by atoms with Crippen LogP contribution in [-0.4, -0.2) is 30.0 Å². The number of carbonyl (C=O) groups excluding carboxylic acids is 2. The Hall–Kier alpha value is -3.88. The van der Waals surface area contributed by atoms with Gasteiger partial charge in [0.2, 0.25) is 5.76 Å². The van der Waals surface area contributed by atoms with Crippen molar-refractivity contribution in [2.75, 3.05) is 18.5 Å². The summed E-state index contributed by atoms with van der Waals surface area (Å²) in [5.74, 6) is -0.884. The van der Waals surface area contributed by atoms with Crippen molar-refractivity contribution in [2.45, 2.75) is 20.8 Å². The highest BCUT2D eigenvalue weighted by Gasteiger charge is 2.22. The normalized spacial score (nSPS) is 10.6. The molecule has 1 heterocycles. The Morgan fingerprint density at radius 1 is 1.20 bits per heavy atom. The van der Waals surface area contributed by atoms with Crippen LogP contribution in [0.1, 0.15) is 28.6 Å². The molecule has 1 aromatic heterocycles. The van der Waals surface area contributed by atoms with Crippen LogP contribution in [0, 0.1) is 24.0 Å². The van der Waals surface area contributed by atoms with E-state index in [0.29, 0.717) is 34.5 Å². The molecule has 0 unspecified atom stereocenters. The summed E-state index contributed by atoms with van der Waals surface area (Å²) in [6.07, 6.45) is 0. The quantitative estimate of drug-likeness (QED) is 0.351. The molecule has 0 spiro atoms. The summed E-state index contributed by atoms with van der Waals surface area (Å²) < 4.78 is 16.1. The Bertz CT molecular complexity index is 1130. The van der Waals surface area contributed by atoms with Gasteiger partial charge in [0.25, 0.3) is 11.6 Å². The number of hydrogen-bond acceptors (Lipinski definition) is 7. The van der Waals surface area contributed by atoms with Crippen LogP contribution in [0.3, 0.4) is 0 Å². The number of nitrogens with one attached hydrogen (secondary N) is 1. The minimum Gasteiger partial charge on any atom is -0.494 e. The van der Waals surface area contributed by atoms with Gasteiger partial charge in [0, 0.05) is 17.0 Å². The molecular formula is C21H20N2O7. The van der Waals surface area contributed by atoms with E-state index in [-0.39, 0.29) is 17.1 Å². The number of amides is 1. The molecule has 0 radical (unpaired) electrons. The lowest BCUT2D eigenvalue weighted by Gasteiger charge is -2.09. The van der Waals surface area contributed by atoms with Crippen molar-refractivity contribution in [2.24, 2.45) is 0 Å². The number of rotatable bonds is 7. The van der Waals surface area contributed by atoms with E-state index in [4.69, 9.17) is 13.9 Å². The highest BCUT2D eigenvalue weighted by molar-refractivity contribution is 5.99. The molecule has 1 N–H and O–H groups in total. The van der Waals surface area contributed by atoms with Crippen LogP contribution in [0.15, 0.2) is 40.8 Å². The molecule has 2 aromatic carbocycles. The Morgan fingerprint density at radius 3 is 2.67 bits per heavy atom. The topological polar surface area (TPSA) is 121 Å². The molecule has 0 fully saturated rings. The summed E-state index contributed by atoms with van der Waals surface area (Å²) in [6.45, 7) is 5.08. The number of nitro benzene ring substituents is 1. The van der Waals surface area contributed by atoms with Gasteiger partial charge >= 0.3 is 5.97 Å². The second-order valence-corrected chi connectivity index (χ2v) is 6.50. The molecule has 1 amide bonds. The fourth-order valence-corrected chi connectivity index (χ4v) is 2.99. The van der Waals surface area contributed by atoms with Crippen LogP contribution in [0.4, 0.5) is 11.4 Å². The second-order valence-electron chi connectivity index (χ2n) is 6.50. The van der Waals surface area contributed by atoms with Crippen LogP contribution in [0.25, 0.3) is 11.0 Å². The van der Waals surface area contributed by atoms with E-state index < -0.39 is 23.4 Å². The van der Waals surface area contributed by atoms with Crippen molar-refractivity contribution in [3.63, 3.8) is 0 Å². The van der Waals surface area contributed by atoms with E-state index in [1.54, 1.807) is 38.1 Å². The van der Waals surface area contributed by atoms with Gasteiger partial charge in [-0.15, -0.1) is 0 Å². The molecule has 30 heavy (non-hydrogen) atoms. The van der Waals surface area contributed by atoms with Crippen molar-refractivity contribution in [1.82, 2.24) is 0 Å². The van der Waals surface area contributed by atoms with E-state index in [9.17, 15) is 19.7 Å². The van der Waals surface area contributed by atoms with Gasteiger partial charge in [0.1, 0.15) is 17.0 Å². The minimum absolute atomic E-state index is 0.0201. The van der Waals surface area contributed by atoms with E-state index in [1.165, 1.54) is 12.1 Å². The predicted molar refractivity (Wildman–Crippen MR) is 109 cm³/mol. The molecule has 3 rings (SSSR count). The molecule has 3 aromatic rings. The lowest BCUT2D eigenvalue weighted by molar-refractivity contribution is -0.384. The summed E-state index contributed by atoms with van der Waals surface area (Å²) in [5, 5.41) is 14.3. The van der Waals surface area contributed by atoms with Gasteiger partial charge < -0.3 is 19.2 Å². The van der Waals surface area contributed by atoms with Gasteiger partial charge in [-0.3, -0.25) is 14.9 Å². The molecule has 0 saturated carbocycles. The van der Waals surface area contributed by atoms with E-state index >= 15 is 0 Å². The zero-order chi connectivity index (χ0) is 21.8. The number of hydrogen-bond donors (Lipinski definition) is 1. The molecule has 0 bridgehead atoms. The van der Waals surface area contributed by atoms with Crippen molar-refractivity contribution < 1.29 is 28.4 Å². The van der Waals surface area contributed by atoms with Gasteiger partial charge in [-0.25, -0.2) is 4.79 Å². The number of esters is 1. The fraction of sp³-hybridized carbons (Fsp3) is 0.238. The Balaban J connectivity index is 1.71. The SMILES string of the molecule is CCOc1ccc2oc(C(=O)OCC(=O)Nc3c(C)cccc3[N+](=O)[O-])c(C)c2c1. The first-order valence-corrected chi connectivity index (χ1v) is 9.18. The molecule has 0 aliphatic rings. The standard InChI is InChI=1S/C21H20N2O7/c1-4-28-14-8-9-17-15(10-14)13(3)20(30-17)21(25)29-11-18(24)22-19-12(2)6-5-7-16(19)23(26)27/h5-10H,4,11H2,1-3H3,(H,22,24). The first-order chi connectivity index (χ1) is 14.3. The number of benzene rings is 2. The van der Waals surface area contributed by atoms with Crippen LogP contribution in [-0.2, 0) is 9.53 Å². The van der Waals surface area contributed by atoms with Gasteiger partial charge in [-0.1, -0.05) is 12.1 Å². The monoisotopic (exact) mass is 412 g/mol. The number of fused-ring (bicyclic) bond motifs is 1. The second kappa shape index (κ2) is 8.64. The maximum absolute atomic E-state index is 12.4.